The van der Waals surface area contributed by atoms with Crippen LogP contribution in [0, 0.1) is 6.92 Å². The lowest BCUT2D eigenvalue weighted by Gasteiger charge is -2.14. The SMILES string of the molecule is CCc1c(C)nc(-c2ccc(OC3CCCC3)s2)nc1Nc1ccc(CC(=O)O)cc1. The van der Waals surface area contributed by atoms with Crippen molar-refractivity contribution in [2.24, 2.45) is 0 Å². The molecule has 1 aromatic carbocycles. The molecule has 1 fully saturated rings. The van der Waals surface area contributed by atoms with Crippen molar-refractivity contribution in [3.05, 3.63) is 53.2 Å². The first kappa shape index (κ1) is 21.3. The molecule has 1 saturated carbocycles. The van der Waals surface area contributed by atoms with Crippen molar-refractivity contribution < 1.29 is 14.6 Å². The predicted molar refractivity (Wildman–Crippen MR) is 123 cm³/mol. The average Bonchev–Trinajstić information content (AvgIpc) is 3.41. The molecule has 0 aliphatic heterocycles. The van der Waals surface area contributed by atoms with E-state index in [9.17, 15) is 4.79 Å². The van der Waals surface area contributed by atoms with Crippen LogP contribution in [0.2, 0.25) is 0 Å². The highest BCUT2D eigenvalue weighted by Crippen LogP contribution is 2.35. The molecule has 0 spiro atoms. The van der Waals surface area contributed by atoms with Gasteiger partial charge in [-0.25, -0.2) is 9.97 Å². The molecule has 4 rings (SSSR count). The zero-order valence-corrected chi connectivity index (χ0v) is 18.7. The van der Waals surface area contributed by atoms with Crippen molar-refractivity contribution >= 4 is 28.8 Å². The topological polar surface area (TPSA) is 84.3 Å². The van der Waals surface area contributed by atoms with E-state index in [4.69, 9.17) is 19.8 Å². The summed E-state index contributed by atoms with van der Waals surface area (Å²) in [5.41, 5.74) is 3.65. The number of carboxylic acid groups (broad SMARTS) is 1. The van der Waals surface area contributed by atoms with Gasteiger partial charge in [-0.1, -0.05) is 30.4 Å². The number of nitrogens with one attached hydrogen (secondary N) is 1. The Morgan fingerprint density at radius 1 is 1.16 bits per heavy atom. The second-order valence-electron chi connectivity index (χ2n) is 7.85. The van der Waals surface area contributed by atoms with Crippen LogP contribution in [0.15, 0.2) is 36.4 Å². The van der Waals surface area contributed by atoms with Crippen LogP contribution in [0.5, 0.6) is 5.06 Å². The number of anilines is 2. The number of hydrogen-bond acceptors (Lipinski definition) is 6. The molecule has 3 aromatic rings. The number of aryl methyl sites for hydroxylation is 1. The van der Waals surface area contributed by atoms with E-state index in [1.165, 1.54) is 12.8 Å². The molecule has 2 heterocycles. The third-order valence-corrected chi connectivity index (χ3v) is 6.50. The third kappa shape index (κ3) is 5.22. The number of aliphatic carboxylic acids is 1. The van der Waals surface area contributed by atoms with Crippen molar-refractivity contribution in [2.75, 3.05) is 5.32 Å². The fourth-order valence-corrected chi connectivity index (χ4v) is 4.78. The molecule has 1 aliphatic rings. The molecule has 2 N–H and O–H groups in total. The number of hydrogen-bond donors (Lipinski definition) is 2. The van der Waals surface area contributed by atoms with Gasteiger partial charge in [-0.05, 0) is 68.9 Å². The first-order valence-corrected chi connectivity index (χ1v) is 11.6. The molecule has 0 saturated heterocycles. The lowest BCUT2D eigenvalue weighted by atomic mass is 10.1. The van der Waals surface area contributed by atoms with Crippen LogP contribution in [0.25, 0.3) is 10.7 Å². The maximum Gasteiger partial charge on any atom is 0.307 e. The van der Waals surface area contributed by atoms with Gasteiger partial charge in [0.15, 0.2) is 10.9 Å². The smallest absolute Gasteiger partial charge is 0.307 e. The van der Waals surface area contributed by atoms with Gasteiger partial charge < -0.3 is 15.2 Å². The van der Waals surface area contributed by atoms with Gasteiger partial charge in [0, 0.05) is 16.9 Å². The minimum atomic E-state index is -0.836. The molecule has 31 heavy (non-hydrogen) atoms. The van der Waals surface area contributed by atoms with Gasteiger partial charge in [0.1, 0.15) is 5.82 Å². The molecule has 0 amide bonds. The summed E-state index contributed by atoms with van der Waals surface area (Å²) in [4.78, 5) is 21.5. The van der Waals surface area contributed by atoms with Crippen LogP contribution in [0.4, 0.5) is 11.5 Å². The van der Waals surface area contributed by atoms with E-state index in [0.717, 1.165) is 57.5 Å². The van der Waals surface area contributed by atoms with Gasteiger partial charge in [0.2, 0.25) is 0 Å². The largest absolute Gasteiger partial charge is 0.481 e. The van der Waals surface area contributed by atoms with Crippen molar-refractivity contribution in [1.29, 1.82) is 0 Å². The number of carbonyl (C=O) groups is 1. The van der Waals surface area contributed by atoms with E-state index in [2.05, 4.69) is 12.2 Å². The Hall–Kier alpha value is -2.93. The zero-order valence-electron chi connectivity index (χ0n) is 17.9. The molecular formula is C24H27N3O3S. The minimum absolute atomic E-state index is 0.0148. The zero-order chi connectivity index (χ0) is 21.8. The van der Waals surface area contributed by atoms with Crippen LogP contribution in [-0.2, 0) is 17.6 Å². The molecule has 162 valence electrons. The summed E-state index contributed by atoms with van der Waals surface area (Å²) in [7, 11) is 0. The Kier molecular flexibility index (Phi) is 6.51. The van der Waals surface area contributed by atoms with E-state index >= 15 is 0 Å². The van der Waals surface area contributed by atoms with Crippen LogP contribution < -0.4 is 10.1 Å². The highest BCUT2D eigenvalue weighted by Gasteiger charge is 2.19. The fraction of sp³-hybridized carbons (Fsp3) is 0.375. The van der Waals surface area contributed by atoms with E-state index in [-0.39, 0.29) is 6.42 Å². The number of benzene rings is 1. The van der Waals surface area contributed by atoms with Gasteiger partial charge in [-0.15, -0.1) is 0 Å². The quantitative estimate of drug-likeness (QED) is 0.465. The van der Waals surface area contributed by atoms with Crippen molar-refractivity contribution in [3.63, 3.8) is 0 Å². The summed E-state index contributed by atoms with van der Waals surface area (Å²) in [5, 5.41) is 13.3. The summed E-state index contributed by atoms with van der Waals surface area (Å²) in [6.45, 7) is 4.10. The Balaban J connectivity index is 1.57. The van der Waals surface area contributed by atoms with Crippen molar-refractivity contribution in [1.82, 2.24) is 9.97 Å². The summed E-state index contributed by atoms with van der Waals surface area (Å²) in [5.74, 6) is 0.630. The average molecular weight is 438 g/mol. The molecule has 0 atom stereocenters. The number of ether oxygens (including phenoxy) is 1. The molecule has 7 heteroatoms. The molecular weight excluding hydrogens is 410 g/mol. The summed E-state index contributed by atoms with van der Waals surface area (Å²) < 4.78 is 6.12. The van der Waals surface area contributed by atoms with Gasteiger partial charge >= 0.3 is 5.97 Å². The lowest BCUT2D eigenvalue weighted by molar-refractivity contribution is -0.136. The predicted octanol–water partition coefficient (Wildman–Crippen LogP) is 5.77. The summed E-state index contributed by atoms with van der Waals surface area (Å²) in [6, 6.07) is 11.5. The van der Waals surface area contributed by atoms with Crippen molar-refractivity contribution in [3.8, 4) is 15.8 Å². The molecule has 0 unspecified atom stereocenters. The molecule has 2 aromatic heterocycles. The Morgan fingerprint density at radius 3 is 2.58 bits per heavy atom. The number of carboxylic acids is 1. The second kappa shape index (κ2) is 9.47. The first-order valence-electron chi connectivity index (χ1n) is 10.7. The molecule has 0 bridgehead atoms. The standard InChI is InChI=1S/C24H27N3O3S/c1-3-19-15(2)25-24(20-12-13-22(31-20)30-18-6-4-5-7-18)27-23(19)26-17-10-8-16(9-11-17)14-21(28)29/h8-13,18H,3-7,14H2,1-2H3,(H,28,29)(H,25,26,27). The minimum Gasteiger partial charge on any atom is -0.481 e. The Morgan fingerprint density at radius 2 is 1.90 bits per heavy atom. The molecule has 0 radical (unpaired) electrons. The Bertz CT molecular complexity index is 1060. The maximum absolute atomic E-state index is 10.9. The first-order chi connectivity index (χ1) is 15.0. The van der Waals surface area contributed by atoms with Crippen molar-refractivity contribution in [2.45, 2.75) is 58.5 Å². The molecule has 1 aliphatic carbocycles. The highest BCUT2D eigenvalue weighted by atomic mass is 32.1. The highest BCUT2D eigenvalue weighted by molar-refractivity contribution is 7.17. The van der Waals surface area contributed by atoms with Gasteiger partial charge in [-0.2, -0.15) is 0 Å². The van der Waals surface area contributed by atoms with E-state index < -0.39 is 5.97 Å². The second-order valence-corrected chi connectivity index (χ2v) is 8.90. The van der Waals surface area contributed by atoms with E-state index in [1.807, 2.05) is 43.3 Å². The monoisotopic (exact) mass is 437 g/mol. The van der Waals surface area contributed by atoms with Gasteiger partial charge in [0.05, 0.1) is 17.4 Å². The van der Waals surface area contributed by atoms with Crippen LogP contribution in [0.1, 0.15) is 49.4 Å². The van der Waals surface area contributed by atoms with E-state index in [1.54, 1.807) is 11.3 Å². The van der Waals surface area contributed by atoms with Crippen LogP contribution in [0.3, 0.4) is 0 Å². The van der Waals surface area contributed by atoms with Gasteiger partial charge in [0.25, 0.3) is 0 Å². The lowest BCUT2D eigenvalue weighted by Crippen LogP contribution is -2.09. The van der Waals surface area contributed by atoms with Crippen LogP contribution in [-0.4, -0.2) is 27.1 Å². The summed E-state index contributed by atoms with van der Waals surface area (Å²) >= 11 is 1.59. The third-order valence-electron chi connectivity index (χ3n) is 5.53. The number of aromatic nitrogens is 2. The normalized spacial score (nSPS) is 14.0. The fourth-order valence-electron chi connectivity index (χ4n) is 3.92. The maximum atomic E-state index is 10.9. The number of rotatable bonds is 8. The van der Waals surface area contributed by atoms with Crippen LogP contribution >= 0.6 is 11.3 Å². The Labute approximate surface area is 186 Å². The van der Waals surface area contributed by atoms with E-state index in [0.29, 0.717) is 11.9 Å². The molecule has 6 nitrogen and oxygen atoms in total. The summed E-state index contributed by atoms with van der Waals surface area (Å²) in [6.07, 6.45) is 5.91. The number of nitrogens with zero attached hydrogens (tertiary/aromatic N) is 2. The van der Waals surface area contributed by atoms with Gasteiger partial charge in [-0.3, -0.25) is 4.79 Å². The number of thiophene rings is 1.